The van der Waals surface area contributed by atoms with E-state index < -0.39 is 0 Å². The highest BCUT2D eigenvalue weighted by Gasteiger charge is 2.25. The van der Waals surface area contributed by atoms with Crippen molar-refractivity contribution in [2.45, 2.75) is 78.2 Å². The maximum Gasteiger partial charge on any atom is 0.297 e. The molecule has 3 rings (SSSR count). The van der Waals surface area contributed by atoms with Crippen LogP contribution in [0.15, 0.2) is 18.2 Å². The molecule has 7 nitrogen and oxygen atoms in total. The average Bonchev–Trinajstić information content (AvgIpc) is 3.03. The number of carbonyl (C=O) groups excluding carboxylic acids is 1. The van der Waals surface area contributed by atoms with Crippen molar-refractivity contribution in [1.29, 1.82) is 0 Å². The quantitative estimate of drug-likeness (QED) is 0.691. The van der Waals surface area contributed by atoms with Crippen LogP contribution in [0.25, 0.3) is 11.0 Å². The van der Waals surface area contributed by atoms with Gasteiger partial charge in [-0.05, 0) is 58.6 Å². The third kappa shape index (κ3) is 5.63. The number of hydrogen-bond acceptors (Lipinski definition) is 5. The fourth-order valence-corrected chi connectivity index (χ4v) is 3.87. The number of amides is 1. The summed E-state index contributed by atoms with van der Waals surface area (Å²) in [6.45, 7) is 9.55. The fraction of sp³-hybridized carbons (Fsp3) is 0.636. The summed E-state index contributed by atoms with van der Waals surface area (Å²) in [4.78, 5) is 15.8. The van der Waals surface area contributed by atoms with Crippen LogP contribution in [0.2, 0.25) is 0 Å². The van der Waals surface area contributed by atoms with Crippen LogP contribution in [-0.2, 0) is 16.1 Å². The number of rotatable bonds is 9. The SMILES string of the molecule is CCOc1ccc2nc(OC3CCC(OC[C@H](C)NC(C)=O)CC3)n(CC)c2c1. The summed E-state index contributed by atoms with van der Waals surface area (Å²) in [5, 5.41) is 2.85. The van der Waals surface area contributed by atoms with Crippen molar-refractivity contribution in [2.75, 3.05) is 13.2 Å². The van der Waals surface area contributed by atoms with Gasteiger partial charge < -0.3 is 19.5 Å². The van der Waals surface area contributed by atoms with Gasteiger partial charge in [0.15, 0.2) is 0 Å². The van der Waals surface area contributed by atoms with Crippen molar-refractivity contribution in [3.8, 4) is 11.8 Å². The number of nitrogens with one attached hydrogen (secondary N) is 1. The molecular weight excluding hydrogens is 370 g/mol. The Kier molecular flexibility index (Phi) is 7.36. The number of ether oxygens (including phenoxy) is 3. The first kappa shape index (κ1) is 21.4. The Hall–Kier alpha value is -2.28. The van der Waals surface area contributed by atoms with Crippen LogP contribution in [0.4, 0.5) is 0 Å². The van der Waals surface area contributed by atoms with E-state index in [0.717, 1.165) is 49.0 Å². The second-order valence-electron chi connectivity index (χ2n) is 7.67. The second kappa shape index (κ2) is 9.96. The van der Waals surface area contributed by atoms with E-state index in [4.69, 9.17) is 19.2 Å². The zero-order valence-corrected chi connectivity index (χ0v) is 17.9. The van der Waals surface area contributed by atoms with Gasteiger partial charge in [-0.2, -0.15) is 4.98 Å². The molecule has 7 heteroatoms. The van der Waals surface area contributed by atoms with Gasteiger partial charge >= 0.3 is 0 Å². The highest BCUT2D eigenvalue weighted by atomic mass is 16.5. The van der Waals surface area contributed by atoms with E-state index in [1.54, 1.807) is 0 Å². The topological polar surface area (TPSA) is 74.6 Å². The minimum Gasteiger partial charge on any atom is -0.494 e. The molecule has 1 aromatic carbocycles. The number of aromatic nitrogens is 2. The van der Waals surface area contributed by atoms with Crippen LogP contribution in [0.5, 0.6) is 11.8 Å². The smallest absolute Gasteiger partial charge is 0.297 e. The molecule has 1 N–H and O–H groups in total. The van der Waals surface area contributed by atoms with Crippen LogP contribution in [-0.4, -0.2) is 46.9 Å². The Bertz CT molecular complexity index is 812. The first-order valence-corrected chi connectivity index (χ1v) is 10.7. The first-order valence-electron chi connectivity index (χ1n) is 10.7. The minimum absolute atomic E-state index is 0.0228. The van der Waals surface area contributed by atoms with Crippen molar-refractivity contribution in [2.24, 2.45) is 0 Å². The predicted molar refractivity (Wildman–Crippen MR) is 112 cm³/mol. The monoisotopic (exact) mass is 403 g/mol. The number of fused-ring (bicyclic) bond motifs is 1. The number of hydrogen-bond donors (Lipinski definition) is 1. The van der Waals surface area contributed by atoms with Crippen LogP contribution in [0, 0.1) is 0 Å². The molecule has 1 atom stereocenters. The van der Waals surface area contributed by atoms with Gasteiger partial charge in [0, 0.05) is 25.6 Å². The van der Waals surface area contributed by atoms with Crippen LogP contribution < -0.4 is 14.8 Å². The van der Waals surface area contributed by atoms with E-state index in [1.807, 2.05) is 32.0 Å². The summed E-state index contributed by atoms with van der Waals surface area (Å²) in [5.74, 6) is 0.831. The van der Waals surface area contributed by atoms with E-state index in [2.05, 4.69) is 16.8 Å². The lowest BCUT2D eigenvalue weighted by molar-refractivity contribution is -0.120. The molecule has 1 aliphatic carbocycles. The maximum atomic E-state index is 11.1. The summed E-state index contributed by atoms with van der Waals surface area (Å²) >= 11 is 0. The number of imidazole rings is 1. The average molecular weight is 404 g/mol. The molecule has 0 saturated heterocycles. The standard InChI is InChI=1S/C22H33N3O4/c1-5-25-21-13-19(27-6-2)11-12-20(21)24-22(25)29-18-9-7-17(8-10-18)28-14-15(3)23-16(4)26/h11-13,15,17-18H,5-10,14H2,1-4H3,(H,23,26)/t15-,17?,18?/m0/s1. The molecule has 1 saturated carbocycles. The number of nitrogens with zero attached hydrogens (tertiary/aromatic N) is 2. The molecule has 0 radical (unpaired) electrons. The molecule has 1 amide bonds. The highest BCUT2D eigenvalue weighted by Crippen LogP contribution is 2.29. The third-order valence-corrected chi connectivity index (χ3v) is 5.24. The van der Waals surface area contributed by atoms with Crippen LogP contribution in [0.3, 0.4) is 0 Å². The maximum absolute atomic E-state index is 11.1. The highest BCUT2D eigenvalue weighted by molar-refractivity contribution is 5.78. The molecule has 0 unspecified atom stereocenters. The Balaban J connectivity index is 1.56. The molecule has 2 aromatic rings. The second-order valence-corrected chi connectivity index (χ2v) is 7.67. The van der Waals surface area contributed by atoms with Crippen LogP contribution >= 0.6 is 0 Å². The van der Waals surface area contributed by atoms with Gasteiger partial charge in [0.2, 0.25) is 5.91 Å². The Morgan fingerprint density at radius 3 is 2.62 bits per heavy atom. The van der Waals surface area contributed by atoms with Crippen molar-refractivity contribution >= 4 is 16.9 Å². The Labute approximate surface area is 172 Å². The van der Waals surface area contributed by atoms with Crippen LogP contribution in [0.1, 0.15) is 53.4 Å². The summed E-state index contributed by atoms with van der Waals surface area (Å²) < 4.78 is 20.0. The number of aryl methyl sites for hydroxylation is 1. The van der Waals surface area contributed by atoms with Crippen molar-refractivity contribution in [3.63, 3.8) is 0 Å². The molecule has 1 fully saturated rings. The van der Waals surface area contributed by atoms with E-state index in [1.165, 1.54) is 6.92 Å². The molecule has 160 valence electrons. The van der Waals surface area contributed by atoms with Gasteiger partial charge in [0.1, 0.15) is 11.9 Å². The molecule has 1 aromatic heterocycles. The first-order chi connectivity index (χ1) is 14.0. The number of benzene rings is 1. The lowest BCUT2D eigenvalue weighted by Crippen LogP contribution is -2.37. The normalized spacial score (nSPS) is 20.4. The molecular formula is C22H33N3O4. The zero-order chi connectivity index (χ0) is 20.8. The lowest BCUT2D eigenvalue weighted by Gasteiger charge is -2.29. The Morgan fingerprint density at radius 1 is 1.24 bits per heavy atom. The van der Waals surface area contributed by atoms with Crippen molar-refractivity contribution in [3.05, 3.63) is 18.2 Å². The third-order valence-electron chi connectivity index (χ3n) is 5.24. The van der Waals surface area contributed by atoms with Crippen molar-refractivity contribution < 1.29 is 19.0 Å². The van der Waals surface area contributed by atoms with Gasteiger partial charge in [-0.15, -0.1) is 0 Å². The molecule has 0 spiro atoms. The fourth-order valence-electron chi connectivity index (χ4n) is 3.87. The summed E-state index contributed by atoms with van der Waals surface area (Å²) in [6.07, 6.45) is 4.17. The summed E-state index contributed by atoms with van der Waals surface area (Å²) in [7, 11) is 0. The van der Waals surface area contributed by atoms with E-state index in [0.29, 0.717) is 19.2 Å². The van der Waals surface area contributed by atoms with E-state index in [-0.39, 0.29) is 24.2 Å². The molecule has 1 heterocycles. The van der Waals surface area contributed by atoms with Gasteiger partial charge in [-0.25, -0.2) is 0 Å². The van der Waals surface area contributed by atoms with E-state index in [9.17, 15) is 4.79 Å². The largest absolute Gasteiger partial charge is 0.494 e. The summed E-state index contributed by atoms with van der Waals surface area (Å²) in [5.41, 5.74) is 1.96. The predicted octanol–water partition coefficient (Wildman–Crippen LogP) is 3.69. The minimum atomic E-state index is -0.0228. The lowest BCUT2D eigenvalue weighted by atomic mass is 9.95. The molecule has 0 aliphatic heterocycles. The van der Waals surface area contributed by atoms with Gasteiger partial charge in [0.25, 0.3) is 6.01 Å². The van der Waals surface area contributed by atoms with Gasteiger partial charge in [-0.1, -0.05) is 0 Å². The molecule has 0 bridgehead atoms. The summed E-state index contributed by atoms with van der Waals surface area (Å²) in [6, 6.07) is 6.68. The zero-order valence-electron chi connectivity index (χ0n) is 17.9. The van der Waals surface area contributed by atoms with Crippen molar-refractivity contribution in [1.82, 2.24) is 14.9 Å². The van der Waals surface area contributed by atoms with Gasteiger partial charge in [-0.3, -0.25) is 9.36 Å². The molecule has 29 heavy (non-hydrogen) atoms. The van der Waals surface area contributed by atoms with E-state index >= 15 is 0 Å². The Morgan fingerprint density at radius 2 is 1.97 bits per heavy atom. The number of carbonyl (C=O) groups is 1. The molecule has 1 aliphatic rings. The van der Waals surface area contributed by atoms with Gasteiger partial charge in [0.05, 0.1) is 30.4 Å².